The van der Waals surface area contributed by atoms with Gasteiger partial charge in [-0.2, -0.15) is 0 Å². The average Bonchev–Trinajstić information content (AvgIpc) is 2.41. The van der Waals surface area contributed by atoms with Gasteiger partial charge in [-0.05, 0) is 41.1 Å². The second-order valence-electron chi connectivity index (χ2n) is 3.88. The van der Waals surface area contributed by atoms with Crippen LogP contribution in [0.3, 0.4) is 0 Å². The first-order valence-corrected chi connectivity index (χ1v) is 6.96. The van der Waals surface area contributed by atoms with Gasteiger partial charge in [0.25, 0.3) is 0 Å². The van der Waals surface area contributed by atoms with Crippen LogP contribution in [0.4, 0.5) is 5.69 Å². The summed E-state index contributed by atoms with van der Waals surface area (Å²) in [5.74, 6) is -0.560. The largest absolute Gasteiger partial charge is 0.462 e. The number of halogens is 1. The fraction of sp³-hybridized carbons (Fsp3) is 0.286. The zero-order valence-corrected chi connectivity index (χ0v) is 12.8. The molecule has 108 valence electrons. The predicted molar refractivity (Wildman–Crippen MR) is 81.8 cm³/mol. The summed E-state index contributed by atoms with van der Waals surface area (Å²) in [5, 5.41) is 5.63. The first kappa shape index (κ1) is 16.4. The van der Waals surface area contributed by atoms with E-state index in [4.69, 9.17) is 4.74 Å². The summed E-state index contributed by atoms with van der Waals surface area (Å²) in [6, 6.07) is 4.88. The molecule has 1 aromatic rings. The first-order valence-electron chi connectivity index (χ1n) is 6.16. The molecule has 0 aliphatic heterocycles. The Kier molecular flexibility index (Phi) is 6.97. The van der Waals surface area contributed by atoms with Gasteiger partial charge >= 0.3 is 5.97 Å². The van der Waals surface area contributed by atoms with E-state index in [1.165, 1.54) is 0 Å². The van der Waals surface area contributed by atoms with Crippen LogP contribution in [0.1, 0.15) is 17.3 Å². The van der Waals surface area contributed by atoms with Crippen LogP contribution in [-0.4, -0.2) is 31.6 Å². The second-order valence-corrected chi connectivity index (χ2v) is 4.74. The van der Waals surface area contributed by atoms with Gasteiger partial charge in [0.15, 0.2) is 0 Å². The molecule has 0 saturated carbocycles. The lowest BCUT2D eigenvalue weighted by Gasteiger charge is -2.09. The van der Waals surface area contributed by atoms with Crippen molar-refractivity contribution >= 4 is 33.5 Å². The molecule has 0 aliphatic carbocycles. The van der Waals surface area contributed by atoms with Crippen molar-refractivity contribution in [2.45, 2.75) is 6.92 Å². The van der Waals surface area contributed by atoms with Crippen LogP contribution < -0.4 is 10.6 Å². The molecule has 0 heterocycles. The van der Waals surface area contributed by atoms with E-state index >= 15 is 0 Å². The molecular weight excluding hydrogens is 324 g/mol. The van der Waals surface area contributed by atoms with Gasteiger partial charge in [-0.15, -0.1) is 6.58 Å². The minimum absolute atomic E-state index is 0.170. The van der Waals surface area contributed by atoms with Crippen LogP contribution >= 0.6 is 15.9 Å². The predicted octanol–water partition coefficient (Wildman–Crippen LogP) is 2.34. The van der Waals surface area contributed by atoms with Gasteiger partial charge < -0.3 is 15.4 Å². The monoisotopic (exact) mass is 340 g/mol. The third-order valence-electron chi connectivity index (χ3n) is 2.33. The van der Waals surface area contributed by atoms with Gasteiger partial charge in [0.05, 0.1) is 24.4 Å². The maximum absolute atomic E-state index is 11.6. The summed E-state index contributed by atoms with van der Waals surface area (Å²) in [7, 11) is 0. The van der Waals surface area contributed by atoms with E-state index in [1.54, 1.807) is 31.2 Å². The number of esters is 1. The Bertz CT molecular complexity index is 503. The minimum atomic E-state index is -0.390. The van der Waals surface area contributed by atoms with E-state index < -0.39 is 5.97 Å². The molecule has 0 fully saturated rings. The summed E-state index contributed by atoms with van der Waals surface area (Å²) in [6.45, 7) is 6.38. The molecule has 6 heteroatoms. The molecular formula is C14H17BrN2O3. The molecule has 2 N–H and O–H groups in total. The van der Waals surface area contributed by atoms with Crippen LogP contribution in [0, 0.1) is 0 Å². The van der Waals surface area contributed by atoms with Crippen molar-refractivity contribution in [3.63, 3.8) is 0 Å². The van der Waals surface area contributed by atoms with E-state index in [0.717, 1.165) is 0 Å². The topological polar surface area (TPSA) is 67.4 Å². The number of carbonyl (C=O) groups is 2. The second kappa shape index (κ2) is 8.50. The van der Waals surface area contributed by atoms with Crippen molar-refractivity contribution in [3.8, 4) is 0 Å². The smallest absolute Gasteiger partial charge is 0.338 e. The number of amides is 1. The normalized spacial score (nSPS) is 9.90. The van der Waals surface area contributed by atoms with Gasteiger partial charge in [-0.25, -0.2) is 4.79 Å². The number of ether oxygens (including phenoxy) is 1. The zero-order valence-electron chi connectivity index (χ0n) is 11.2. The SMILES string of the molecule is C=CCNCC(=O)Nc1ccc(C(=O)OCC)cc1Br. The Labute approximate surface area is 126 Å². The molecule has 0 aromatic heterocycles. The van der Waals surface area contributed by atoms with Crippen molar-refractivity contribution in [2.75, 3.05) is 25.0 Å². The molecule has 1 aromatic carbocycles. The molecule has 1 amide bonds. The quantitative estimate of drug-likeness (QED) is 0.454. The first-order chi connectivity index (χ1) is 9.58. The summed E-state index contributed by atoms with van der Waals surface area (Å²) in [6.07, 6.45) is 1.68. The van der Waals surface area contributed by atoms with Gasteiger partial charge in [-0.1, -0.05) is 6.08 Å². The van der Waals surface area contributed by atoms with Crippen molar-refractivity contribution in [1.82, 2.24) is 5.32 Å². The molecule has 0 bridgehead atoms. The van der Waals surface area contributed by atoms with Gasteiger partial charge in [0, 0.05) is 11.0 Å². The van der Waals surface area contributed by atoms with Gasteiger partial charge in [0.1, 0.15) is 0 Å². The molecule has 0 atom stereocenters. The molecule has 0 aliphatic rings. The Balaban J connectivity index is 2.66. The number of benzene rings is 1. The van der Waals surface area contributed by atoms with Crippen LogP contribution in [0.25, 0.3) is 0 Å². The number of anilines is 1. The highest BCUT2D eigenvalue weighted by molar-refractivity contribution is 9.10. The van der Waals surface area contributed by atoms with Crippen molar-refractivity contribution in [1.29, 1.82) is 0 Å². The lowest BCUT2D eigenvalue weighted by Crippen LogP contribution is -2.28. The standard InChI is InChI=1S/C14H17BrN2O3/c1-3-7-16-9-13(18)17-12-6-5-10(8-11(12)15)14(19)20-4-2/h3,5-6,8,16H,1,4,7,9H2,2H3,(H,17,18). The highest BCUT2D eigenvalue weighted by atomic mass is 79.9. The van der Waals surface area contributed by atoms with E-state index in [9.17, 15) is 9.59 Å². The number of carbonyl (C=O) groups excluding carboxylic acids is 2. The zero-order chi connectivity index (χ0) is 15.0. The van der Waals surface area contributed by atoms with E-state index in [2.05, 4.69) is 33.1 Å². The average molecular weight is 341 g/mol. The molecule has 0 radical (unpaired) electrons. The minimum Gasteiger partial charge on any atom is -0.462 e. The molecule has 1 rings (SSSR count). The van der Waals surface area contributed by atoms with E-state index in [1.807, 2.05) is 0 Å². The highest BCUT2D eigenvalue weighted by Gasteiger charge is 2.10. The fourth-order valence-electron chi connectivity index (χ4n) is 1.44. The molecule has 0 unspecified atom stereocenters. The lowest BCUT2D eigenvalue weighted by molar-refractivity contribution is -0.115. The van der Waals surface area contributed by atoms with Crippen LogP contribution in [-0.2, 0) is 9.53 Å². The van der Waals surface area contributed by atoms with Crippen LogP contribution in [0.2, 0.25) is 0 Å². The fourth-order valence-corrected chi connectivity index (χ4v) is 1.92. The summed E-state index contributed by atoms with van der Waals surface area (Å²) in [5.41, 5.74) is 1.03. The number of hydrogen-bond acceptors (Lipinski definition) is 4. The van der Waals surface area contributed by atoms with E-state index in [-0.39, 0.29) is 12.5 Å². The molecule has 20 heavy (non-hydrogen) atoms. The molecule has 0 saturated heterocycles. The highest BCUT2D eigenvalue weighted by Crippen LogP contribution is 2.24. The maximum atomic E-state index is 11.6. The maximum Gasteiger partial charge on any atom is 0.338 e. The Hall–Kier alpha value is -1.66. The third-order valence-corrected chi connectivity index (χ3v) is 2.98. The van der Waals surface area contributed by atoms with Crippen LogP contribution in [0.15, 0.2) is 35.3 Å². The Morgan fingerprint density at radius 3 is 2.80 bits per heavy atom. The number of rotatable bonds is 7. The van der Waals surface area contributed by atoms with Crippen molar-refractivity contribution in [2.24, 2.45) is 0 Å². The number of nitrogens with one attached hydrogen (secondary N) is 2. The molecule has 0 spiro atoms. The number of hydrogen-bond donors (Lipinski definition) is 2. The summed E-state index contributed by atoms with van der Waals surface area (Å²) >= 11 is 3.32. The molecule has 5 nitrogen and oxygen atoms in total. The third kappa shape index (κ3) is 5.14. The van der Waals surface area contributed by atoms with Gasteiger partial charge in [0.2, 0.25) is 5.91 Å². The van der Waals surface area contributed by atoms with Gasteiger partial charge in [-0.3, -0.25) is 4.79 Å². The summed E-state index contributed by atoms with van der Waals surface area (Å²) < 4.78 is 5.53. The van der Waals surface area contributed by atoms with Crippen molar-refractivity contribution < 1.29 is 14.3 Å². The Morgan fingerprint density at radius 2 is 2.20 bits per heavy atom. The summed E-state index contributed by atoms with van der Waals surface area (Å²) in [4.78, 5) is 23.2. The lowest BCUT2D eigenvalue weighted by atomic mass is 10.2. The Morgan fingerprint density at radius 1 is 1.45 bits per heavy atom. The van der Waals surface area contributed by atoms with Crippen LogP contribution in [0.5, 0.6) is 0 Å². The van der Waals surface area contributed by atoms with Crippen molar-refractivity contribution in [3.05, 3.63) is 40.9 Å². The van der Waals surface area contributed by atoms with E-state index in [0.29, 0.717) is 28.9 Å².